The molecule has 1 amide bonds. The number of benzene rings is 1. The first-order valence-electron chi connectivity index (χ1n) is 3.73. The van der Waals surface area contributed by atoms with Crippen LogP contribution in [-0.2, 0) is 4.79 Å². The van der Waals surface area contributed by atoms with E-state index in [0.717, 1.165) is 0 Å². The molecule has 0 radical (unpaired) electrons. The zero-order valence-corrected chi connectivity index (χ0v) is 7.04. The highest BCUT2D eigenvalue weighted by Crippen LogP contribution is 2.10. The molecule has 0 fully saturated rings. The summed E-state index contributed by atoms with van der Waals surface area (Å²) in [6, 6.07) is 7.53. The molecule has 3 nitrogen and oxygen atoms in total. The number of quaternary nitrogens is 1. The van der Waals surface area contributed by atoms with Gasteiger partial charge in [0.05, 0.1) is 0 Å². The fraction of sp³-hybridized carbons (Fsp3) is 0.222. The minimum Gasteiger partial charge on any atom is -0.479 e. The number of hydrogen-bond donors (Lipinski definition) is 1. The maximum atomic E-state index is 10.4. The summed E-state index contributed by atoms with van der Waals surface area (Å²) in [6.45, 7) is 2.04. The average molecular weight is 166 g/mol. The summed E-state index contributed by atoms with van der Waals surface area (Å²) in [7, 11) is 0. The van der Waals surface area contributed by atoms with Gasteiger partial charge in [-0.2, -0.15) is 0 Å². The van der Waals surface area contributed by atoms with Crippen LogP contribution in [0.5, 0.6) is 5.75 Å². The Balaban J connectivity index is 2.53. The zero-order valence-electron chi connectivity index (χ0n) is 7.04. The molecule has 1 aromatic carbocycles. The second kappa shape index (κ2) is 3.88. The summed E-state index contributed by atoms with van der Waals surface area (Å²) in [6.07, 6.45) is 0. The molecule has 0 aromatic heterocycles. The first-order chi connectivity index (χ1) is 5.68. The van der Waals surface area contributed by atoms with Crippen LogP contribution >= 0.6 is 0 Å². The van der Waals surface area contributed by atoms with Gasteiger partial charge in [0.2, 0.25) is 6.61 Å². The Hall–Kier alpha value is -1.35. The lowest BCUT2D eigenvalue weighted by atomic mass is 10.2. The summed E-state index contributed by atoms with van der Waals surface area (Å²) in [4.78, 5) is 10.4. The molecule has 0 atom stereocenters. The van der Waals surface area contributed by atoms with E-state index in [0.29, 0.717) is 5.75 Å². The van der Waals surface area contributed by atoms with Gasteiger partial charge in [-0.3, -0.25) is 5.73 Å². The summed E-state index contributed by atoms with van der Waals surface area (Å²) < 4.78 is 5.11. The number of carbonyl (C=O) groups excluding carboxylic acids is 1. The van der Waals surface area contributed by atoms with E-state index in [2.05, 4.69) is 5.73 Å². The molecule has 0 aliphatic heterocycles. The van der Waals surface area contributed by atoms with Crippen molar-refractivity contribution in [1.29, 1.82) is 0 Å². The van der Waals surface area contributed by atoms with Gasteiger partial charge in [0.25, 0.3) is 0 Å². The minimum absolute atomic E-state index is 0.0447. The number of amides is 1. The Morgan fingerprint density at radius 1 is 1.42 bits per heavy atom. The van der Waals surface area contributed by atoms with Crippen molar-refractivity contribution < 1.29 is 15.3 Å². The Bertz CT molecular complexity index is 266. The SMILES string of the molecule is Cc1ccc(OCC([NH3+])=O)cc1. The summed E-state index contributed by atoms with van der Waals surface area (Å²) in [5.41, 5.74) is 4.38. The molecular formula is C9H12NO2+. The van der Waals surface area contributed by atoms with Crippen molar-refractivity contribution in [3.05, 3.63) is 29.8 Å². The van der Waals surface area contributed by atoms with E-state index in [1.165, 1.54) is 5.56 Å². The lowest BCUT2D eigenvalue weighted by Gasteiger charge is -2.01. The Morgan fingerprint density at radius 3 is 2.50 bits per heavy atom. The zero-order chi connectivity index (χ0) is 8.97. The summed E-state index contributed by atoms with van der Waals surface area (Å²) >= 11 is 0. The second-order valence-corrected chi connectivity index (χ2v) is 2.64. The third-order valence-electron chi connectivity index (χ3n) is 1.42. The predicted octanol–water partition coefficient (Wildman–Crippen LogP) is 0.142. The van der Waals surface area contributed by atoms with Gasteiger partial charge in [-0.15, -0.1) is 0 Å². The van der Waals surface area contributed by atoms with Crippen molar-refractivity contribution in [1.82, 2.24) is 0 Å². The van der Waals surface area contributed by atoms with Gasteiger partial charge in [-0.25, -0.2) is 4.79 Å². The molecule has 0 spiro atoms. The van der Waals surface area contributed by atoms with E-state index in [1.807, 2.05) is 31.2 Å². The van der Waals surface area contributed by atoms with Gasteiger partial charge >= 0.3 is 5.91 Å². The molecule has 3 N–H and O–H groups in total. The molecule has 1 rings (SSSR count). The number of aryl methyl sites for hydroxylation is 1. The third kappa shape index (κ3) is 2.72. The van der Waals surface area contributed by atoms with Crippen molar-refractivity contribution in [2.24, 2.45) is 0 Å². The van der Waals surface area contributed by atoms with Crippen LogP contribution in [0, 0.1) is 6.92 Å². The molecule has 1 aromatic rings. The highest BCUT2D eigenvalue weighted by atomic mass is 16.5. The van der Waals surface area contributed by atoms with Crippen LogP contribution in [0.25, 0.3) is 0 Å². The van der Waals surface area contributed by atoms with Gasteiger partial charge < -0.3 is 4.74 Å². The van der Waals surface area contributed by atoms with Crippen LogP contribution in [0.3, 0.4) is 0 Å². The highest BCUT2D eigenvalue weighted by molar-refractivity contribution is 5.66. The van der Waals surface area contributed by atoms with E-state index >= 15 is 0 Å². The average Bonchev–Trinajstić information content (AvgIpc) is 2.03. The number of rotatable bonds is 3. The Morgan fingerprint density at radius 2 is 2.00 bits per heavy atom. The fourth-order valence-corrected chi connectivity index (χ4v) is 0.798. The Labute approximate surface area is 71.1 Å². The molecular weight excluding hydrogens is 154 g/mol. The van der Waals surface area contributed by atoms with Gasteiger partial charge in [0.1, 0.15) is 5.75 Å². The molecule has 3 heteroatoms. The van der Waals surface area contributed by atoms with E-state index < -0.39 is 0 Å². The standard InChI is InChI=1S/C9H11NO2/c1-7-2-4-8(5-3-7)12-6-9(10)11/h2-5H,6H2,1H3,(H2,10,11)/p+1. The Kier molecular flexibility index (Phi) is 2.82. The van der Waals surface area contributed by atoms with Crippen molar-refractivity contribution in [2.75, 3.05) is 6.61 Å². The summed E-state index contributed by atoms with van der Waals surface area (Å²) in [5.74, 6) is 0.494. The molecule has 64 valence electrons. The first-order valence-corrected chi connectivity index (χ1v) is 3.73. The van der Waals surface area contributed by atoms with E-state index in [1.54, 1.807) is 0 Å². The van der Waals surface area contributed by atoms with Gasteiger partial charge in [0.15, 0.2) is 0 Å². The lowest BCUT2D eigenvalue weighted by Crippen LogP contribution is -2.59. The second-order valence-electron chi connectivity index (χ2n) is 2.64. The maximum Gasteiger partial charge on any atom is 0.346 e. The summed E-state index contributed by atoms with van der Waals surface area (Å²) in [5, 5.41) is 0. The van der Waals surface area contributed by atoms with Crippen LogP contribution in [0.4, 0.5) is 0 Å². The monoisotopic (exact) mass is 166 g/mol. The number of hydrogen-bond acceptors (Lipinski definition) is 2. The molecule has 0 saturated heterocycles. The molecule has 0 heterocycles. The van der Waals surface area contributed by atoms with Crippen LogP contribution in [-0.4, -0.2) is 12.5 Å². The molecule has 0 aliphatic carbocycles. The quantitative estimate of drug-likeness (QED) is 0.694. The van der Waals surface area contributed by atoms with Crippen molar-refractivity contribution in [3.8, 4) is 5.75 Å². The molecule has 0 saturated carbocycles. The molecule has 12 heavy (non-hydrogen) atoms. The molecule has 0 unspecified atom stereocenters. The van der Waals surface area contributed by atoms with Crippen LogP contribution in [0.1, 0.15) is 5.56 Å². The maximum absolute atomic E-state index is 10.4. The van der Waals surface area contributed by atoms with Crippen LogP contribution in [0.15, 0.2) is 24.3 Å². The van der Waals surface area contributed by atoms with Gasteiger partial charge in [-0.05, 0) is 19.1 Å². The lowest BCUT2D eigenvalue weighted by molar-refractivity contribution is -0.307. The van der Waals surface area contributed by atoms with Crippen LogP contribution < -0.4 is 10.5 Å². The fourth-order valence-electron chi connectivity index (χ4n) is 0.798. The largest absolute Gasteiger partial charge is 0.479 e. The van der Waals surface area contributed by atoms with Gasteiger partial charge in [-0.1, -0.05) is 17.7 Å². The van der Waals surface area contributed by atoms with E-state index in [-0.39, 0.29) is 12.5 Å². The number of carbonyl (C=O) groups is 1. The van der Waals surface area contributed by atoms with Crippen LogP contribution in [0.2, 0.25) is 0 Å². The van der Waals surface area contributed by atoms with Crippen molar-refractivity contribution in [2.45, 2.75) is 6.92 Å². The van der Waals surface area contributed by atoms with E-state index in [9.17, 15) is 4.79 Å². The normalized spacial score (nSPS) is 9.50. The predicted molar refractivity (Wildman–Crippen MR) is 44.6 cm³/mol. The molecule has 0 bridgehead atoms. The molecule has 0 aliphatic rings. The smallest absolute Gasteiger partial charge is 0.346 e. The van der Waals surface area contributed by atoms with Gasteiger partial charge in [0, 0.05) is 0 Å². The van der Waals surface area contributed by atoms with Crippen molar-refractivity contribution >= 4 is 5.91 Å². The third-order valence-corrected chi connectivity index (χ3v) is 1.42. The van der Waals surface area contributed by atoms with Crippen molar-refractivity contribution in [3.63, 3.8) is 0 Å². The highest BCUT2D eigenvalue weighted by Gasteiger charge is 1.98. The minimum atomic E-state index is -0.212. The first kappa shape index (κ1) is 8.74. The topological polar surface area (TPSA) is 53.9 Å². The van der Waals surface area contributed by atoms with E-state index in [4.69, 9.17) is 4.74 Å². The number of ether oxygens (including phenoxy) is 1.